The van der Waals surface area contributed by atoms with Crippen molar-refractivity contribution < 1.29 is 9.59 Å². The number of aromatic nitrogens is 2. The molecule has 174 valence electrons. The molecular formula is C27H34N4O2. The van der Waals surface area contributed by atoms with Crippen molar-refractivity contribution in [2.24, 2.45) is 0 Å². The van der Waals surface area contributed by atoms with Gasteiger partial charge in [0.1, 0.15) is 12.4 Å². The summed E-state index contributed by atoms with van der Waals surface area (Å²) in [5.41, 5.74) is 2.68. The van der Waals surface area contributed by atoms with Crippen LogP contribution in [0.2, 0.25) is 0 Å². The van der Waals surface area contributed by atoms with Gasteiger partial charge in [-0.05, 0) is 49.9 Å². The number of amides is 2. The highest BCUT2D eigenvalue weighted by atomic mass is 16.2. The van der Waals surface area contributed by atoms with Crippen LogP contribution >= 0.6 is 0 Å². The fourth-order valence-electron chi connectivity index (χ4n) is 4.53. The molecule has 1 aromatic heterocycles. The maximum Gasteiger partial charge on any atom is 0.251 e. The summed E-state index contributed by atoms with van der Waals surface area (Å²) >= 11 is 0. The van der Waals surface area contributed by atoms with Gasteiger partial charge in [-0.1, -0.05) is 49.6 Å². The molecule has 2 aromatic carbocycles. The Kier molecular flexibility index (Phi) is 8.12. The molecule has 6 heteroatoms. The number of nitrogens with zero attached hydrogens (tertiary/aromatic N) is 3. The Hall–Kier alpha value is -3.15. The van der Waals surface area contributed by atoms with Gasteiger partial charge in [0.2, 0.25) is 5.91 Å². The zero-order chi connectivity index (χ0) is 22.9. The third-order valence-electron chi connectivity index (χ3n) is 6.38. The molecule has 0 bridgehead atoms. The van der Waals surface area contributed by atoms with E-state index in [0.717, 1.165) is 68.5 Å². The van der Waals surface area contributed by atoms with Crippen LogP contribution in [0.15, 0.2) is 54.6 Å². The van der Waals surface area contributed by atoms with Crippen LogP contribution in [0.1, 0.15) is 61.1 Å². The predicted octanol–water partition coefficient (Wildman–Crippen LogP) is 4.58. The normalized spacial score (nSPS) is 14.2. The van der Waals surface area contributed by atoms with Gasteiger partial charge in [0, 0.05) is 31.6 Å². The van der Waals surface area contributed by atoms with E-state index in [0.29, 0.717) is 18.7 Å². The molecule has 33 heavy (non-hydrogen) atoms. The first kappa shape index (κ1) is 23.0. The second-order valence-electron chi connectivity index (χ2n) is 8.83. The minimum Gasteiger partial charge on any atom is -0.352 e. The second-order valence-corrected chi connectivity index (χ2v) is 8.83. The molecule has 1 aliphatic heterocycles. The van der Waals surface area contributed by atoms with Crippen LogP contribution in [0.3, 0.4) is 0 Å². The summed E-state index contributed by atoms with van der Waals surface area (Å²) in [4.78, 5) is 32.1. The van der Waals surface area contributed by atoms with Crippen molar-refractivity contribution in [1.29, 1.82) is 0 Å². The Labute approximate surface area is 196 Å². The lowest BCUT2D eigenvalue weighted by Gasteiger charge is -2.21. The summed E-state index contributed by atoms with van der Waals surface area (Å²) in [5, 5.41) is 2.99. The minimum atomic E-state index is -0.0237. The lowest BCUT2D eigenvalue weighted by atomic mass is 10.1. The molecule has 2 amide bonds. The molecule has 1 N–H and O–H groups in total. The molecule has 1 fully saturated rings. The molecule has 0 saturated carbocycles. The fourth-order valence-corrected chi connectivity index (χ4v) is 4.53. The van der Waals surface area contributed by atoms with Gasteiger partial charge in [-0.15, -0.1) is 0 Å². The maximum absolute atomic E-state index is 13.0. The van der Waals surface area contributed by atoms with Crippen LogP contribution in [-0.2, 0) is 17.8 Å². The number of nitrogens with one attached hydrogen (secondary N) is 1. The Bertz CT molecular complexity index is 1050. The smallest absolute Gasteiger partial charge is 0.251 e. The highest BCUT2D eigenvalue weighted by Crippen LogP contribution is 2.19. The number of benzene rings is 2. The van der Waals surface area contributed by atoms with E-state index >= 15 is 0 Å². The quantitative estimate of drug-likeness (QED) is 0.489. The number of hydrogen-bond acceptors (Lipinski definition) is 3. The molecule has 0 aliphatic carbocycles. The zero-order valence-electron chi connectivity index (χ0n) is 19.3. The highest BCUT2D eigenvalue weighted by Gasteiger charge is 2.19. The van der Waals surface area contributed by atoms with Gasteiger partial charge in [0.05, 0.1) is 11.0 Å². The number of likely N-dealkylation sites (tertiary alicyclic amines) is 1. The molecule has 0 radical (unpaired) electrons. The summed E-state index contributed by atoms with van der Waals surface area (Å²) < 4.78 is 2.11. The SMILES string of the molecule is O=C(NCCCCCc1nc2ccccc2n1CC(=O)N1CCCCCC1)c1ccccc1. The molecular weight excluding hydrogens is 412 g/mol. The highest BCUT2D eigenvalue weighted by molar-refractivity contribution is 5.94. The van der Waals surface area contributed by atoms with Crippen molar-refractivity contribution in [3.63, 3.8) is 0 Å². The third kappa shape index (κ3) is 6.21. The Morgan fingerprint density at radius 3 is 2.36 bits per heavy atom. The van der Waals surface area contributed by atoms with Crippen molar-refractivity contribution in [1.82, 2.24) is 19.8 Å². The van der Waals surface area contributed by atoms with Crippen molar-refractivity contribution in [2.45, 2.75) is 57.9 Å². The lowest BCUT2D eigenvalue weighted by Crippen LogP contribution is -2.34. The van der Waals surface area contributed by atoms with Crippen LogP contribution in [-0.4, -0.2) is 45.9 Å². The zero-order valence-corrected chi connectivity index (χ0v) is 19.3. The number of hydrogen-bond donors (Lipinski definition) is 1. The lowest BCUT2D eigenvalue weighted by molar-refractivity contribution is -0.131. The van der Waals surface area contributed by atoms with E-state index in [1.807, 2.05) is 53.4 Å². The maximum atomic E-state index is 13.0. The van der Waals surface area contributed by atoms with Gasteiger partial charge in [-0.2, -0.15) is 0 Å². The van der Waals surface area contributed by atoms with E-state index in [9.17, 15) is 9.59 Å². The van der Waals surface area contributed by atoms with Gasteiger partial charge in [0.25, 0.3) is 5.91 Å². The van der Waals surface area contributed by atoms with Crippen LogP contribution in [0.5, 0.6) is 0 Å². The molecule has 0 atom stereocenters. The topological polar surface area (TPSA) is 67.2 Å². The molecule has 4 rings (SSSR count). The summed E-state index contributed by atoms with van der Waals surface area (Å²) in [6.45, 7) is 2.77. The third-order valence-corrected chi connectivity index (χ3v) is 6.38. The molecule has 3 aromatic rings. The number of unbranched alkanes of at least 4 members (excludes halogenated alkanes) is 2. The largest absolute Gasteiger partial charge is 0.352 e. The number of imidazole rings is 1. The summed E-state index contributed by atoms with van der Waals surface area (Å²) in [7, 11) is 0. The van der Waals surface area contributed by atoms with E-state index < -0.39 is 0 Å². The standard InChI is InChI=1S/C27H34N4O2/c32-26(30-19-11-1-2-12-20-30)21-31-24-16-9-8-15-23(24)29-25(31)17-7-4-10-18-28-27(33)22-13-5-3-6-14-22/h3,5-6,8-9,13-16H,1-2,4,7,10-12,17-21H2,(H,28,33). The Balaban J connectivity index is 1.31. The van der Waals surface area contributed by atoms with Crippen LogP contribution in [0, 0.1) is 0 Å². The van der Waals surface area contributed by atoms with E-state index in [4.69, 9.17) is 4.98 Å². The molecule has 2 heterocycles. The molecule has 6 nitrogen and oxygen atoms in total. The monoisotopic (exact) mass is 446 g/mol. The van der Waals surface area contributed by atoms with E-state index in [1.54, 1.807) is 0 Å². The van der Waals surface area contributed by atoms with Crippen LogP contribution < -0.4 is 5.32 Å². The first-order valence-corrected chi connectivity index (χ1v) is 12.3. The average Bonchev–Trinajstić information content (AvgIpc) is 3.01. The fraction of sp³-hybridized carbons (Fsp3) is 0.444. The first-order chi connectivity index (χ1) is 16.2. The number of para-hydroxylation sites is 2. The summed E-state index contributed by atoms with van der Waals surface area (Å²) in [6, 6.07) is 17.4. The van der Waals surface area contributed by atoms with Gasteiger partial charge >= 0.3 is 0 Å². The summed E-state index contributed by atoms with van der Waals surface area (Å²) in [5.74, 6) is 1.15. The number of carbonyl (C=O) groups is 2. The average molecular weight is 447 g/mol. The van der Waals surface area contributed by atoms with Crippen molar-refractivity contribution in [2.75, 3.05) is 19.6 Å². The molecule has 0 spiro atoms. The van der Waals surface area contributed by atoms with Crippen LogP contribution in [0.25, 0.3) is 11.0 Å². The number of aryl methyl sites for hydroxylation is 1. The van der Waals surface area contributed by atoms with Gasteiger partial charge in [-0.25, -0.2) is 4.98 Å². The van der Waals surface area contributed by atoms with Crippen LogP contribution in [0.4, 0.5) is 0 Å². The minimum absolute atomic E-state index is 0.0237. The van der Waals surface area contributed by atoms with E-state index in [2.05, 4.69) is 16.0 Å². The summed E-state index contributed by atoms with van der Waals surface area (Å²) in [6.07, 6.45) is 8.36. The van der Waals surface area contributed by atoms with Gasteiger partial charge in [-0.3, -0.25) is 9.59 Å². The van der Waals surface area contributed by atoms with E-state index in [-0.39, 0.29) is 11.8 Å². The molecule has 1 saturated heterocycles. The number of fused-ring (bicyclic) bond motifs is 1. The molecule has 1 aliphatic rings. The number of carbonyl (C=O) groups excluding carboxylic acids is 2. The second kappa shape index (κ2) is 11.6. The van der Waals surface area contributed by atoms with E-state index in [1.165, 1.54) is 12.8 Å². The first-order valence-electron chi connectivity index (χ1n) is 12.3. The van der Waals surface area contributed by atoms with Crippen molar-refractivity contribution in [3.05, 3.63) is 66.0 Å². The van der Waals surface area contributed by atoms with Crippen molar-refractivity contribution >= 4 is 22.8 Å². The van der Waals surface area contributed by atoms with Crippen molar-refractivity contribution in [3.8, 4) is 0 Å². The predicted molar refractivity (Wildman–Crippen MR) is 131 cm³/mol. The molecule has 0 unspecified atom stereocenters. The van der Waals surface area contributed by atoms with Gasteiger partial charge in [0.15, 0.2) is 0 Å². The Morgan fingerprint density at radius 1 is 0.848 bits per heavy atom. The Morgan fingerprint density at radius 2 is 1.58 bits per heavy atom. The van der Waals surface area contributed by atoms with Gasteiger partial charge < -0.3 is 14.8 Å². The number of rotatable bonds is 9.